The molecule has 2 atom stereocenters. The molecular weight excluding hydrogens is 562 g/mol. The normalized spacial score (nSPS) is 21.9. The number of aryl methyl sites for hydroxylation is 2. The fourth-order valence-corrected chi connectivity index (χ4v) is 8.15. The molecule has 0 N–H and O–H groups in total. The van der Waals surface area contributed by atoms with Gasteiger partial charge < -0.3 is 14.7 Å². The van der Waals surface area contributed by atoms with Gasteiger partial charge in [0.2, 0.25) is 0 Å². The second-order valence-electron chi connectivity index (χ2n) is 11.8. The number of fused-ring (bicyclic) bond motifs is 1. The molecule has 2 heterocycles. The first-order chi connectivity index (χ1) is 20.4. The summed E-state index contributed by atoms with van der Waals surface area (Å²) in [6.07, 6.45) is 6.54. The Morgan fingerprint density at radius 1 is 0.952 bits per heavy atom. The zero-order valence-electron chi connectivity index (χ0n) is 24.4. The van der Waals surface area contributed by atoms with E-state index in [0.717, 1.165) is 48.4 Å². The quantitative estimate of drug-likeness (QED) is 0.288. The summed E-state index contributed by atoms with van der Waals surface area (Å²) in [7, 11) is 0. The largest absolute Gasteiger partial charge is 0.368 e. The third kappa shape index (κ3) is 6.25. The van der Waals surface area contributed by atoms with E-state index in [4.69, 9.17) is 11.6 Å². The van der Waals surface area contributed by atoms with Gasteiger partial charge in [-0.1, -0.05) is 60.8 Å². The van der Waals surface area contributed by atoms with Crippen LogP contribution in [0.2, 0.25) is 5.02 Å². The molecule has 0 aromatic heterocycles. The number of thioether (sulfide) groups is 1. The summed E-state index contributed by atoms with van der Waals surface area (Å²) in [6, 6.07) is 22.4. The number of amides is 2. The van der Waals surface area contributed by atoms with Gasteiger partial charge in [0.1, 0.15) is 0 Å². The van der Waals surface area contributed by atoms with E-state index in [-0.39, 0.29) is 17.9 Å². The Kier molecular flexibility index (Phi) is 8.64. The van der Waals surface area contributed by atoms with E-state index in [1.165, 1.54) is 23.2 Å². The van der Waals surface area contributed by atoms with Crippen LogP contribution in [0.3, 0.4) is 0 Å². The molecule has 42 heavy (non-hydrogen) atoms. The topological polar surface area (TPSA) is 43.9 Å². The summed E-state index contributed by atoms with van der Waals surface area (Å²) in [4.78, 5) is 34.3. The van der Waals surface area contributed by atoms with Crippen LogP contribution in [0.1, 0.15) is 58.3 Å². The Balaban J connectivity index is 1.13. The number of nitrogens with zero attached hydrogens (tertiary/aromatic N) is 3. The number of rotatable bonds is 5. The fourth-order valence-electron chi connectivity index (χ4n) is 6.46. The van der Waals surface area contributed by atoms with E-state index in [9.17, 15) is 9.59 Å². The number of carbonyl (C=O) groups is 2. The molecular formula is C35H38ClN3O2S. The lowest BCUT2D eigenvalue weighted by Crippen LogP contribution is -2.50. The van der Waals surface area contributed by atoms with Crippen LogP contribution in [0.4, 0.5) is 5.69 Å². The number of benzene rings is 3. The summed E-state index contributed by atoms with van der Waals surface area (Å²) in [5, 5.41) is 1.10. The third-order valence-electron chi connectivity index (χ3n) is 8.79. The standard InChI is InChI=1S/C35H38ClN3O2S/c1-24-10-11-25(2)31(20-24)37-16-18-38(19-17-37)34(40)28-14-12-26(13-15-28)22-33-35(41)39(23-27-6-5-7-29(36)21-27)30-8-3-4-9-32(30)42-33/h5-7,10-15,20-22,30,32H,3-4,8-9,16-19,23H2,1-2H3/b33-22+. The molecule has 3 aliphatic rings. The lowest BCUT2D eigenvalue weighted by atomic mass is 9.92. The van der Waals surface area contributed by atoms with E-state index in [1.807, 2.05) is 59.5 Å². The van der Waals surface area contributed by atoms with Crippen molar-refractivity contribution < 1.29 is 9.59 Å². The highest BCUT2D eigenvalue weighted by Crippen LogP contribution is 2.43. The van der Waals surface area contributed by atoms with E-state index in [0.29, 0.717) is 35.5 Å². The molecule has 0 bridgehead atoms. The van der Waals surface area contributed by atoms with Gasteiger partial charge in [0.25, 0.3) is 11.8 Å². The molecule has 3 aromatic rings. The van der Waals surface area contributed by atoms with Gasteiger partial charge in [-0.05, 0) is 85.4 Å². The van der Waals surface area contributed by atoms with E-state index in [1.54, 1.807) is 11.8 Å². The Hall–Kier alpha value is -3.22. The molecule has 3 aromatic carbocycles. The Morgan fingerprint density at radius 3 is 2.48 bits per heavy atom. The van der Waals surface area contributed by atoms with Gasteiger partial charge in [0, 0.05) is 60.3 Å². The second kappa shape index (κ2) is 12.6. The molecule has 1 aliphatic carbocycles. The van der Waals surface area contributed by atoms with Crippen molar-refractivity contribution in [2.45, 2.75) is 57.4 Å². The first kappa shape index (κ1) is 28.9. The molecule has 5 nitrogen and oxygen atoms in total. The van der Waals surface area contributed by atoms with Crippen molar-refractivity contribution in [2.24, 2.45) is 0 Å². The smallest absolute Gasteiger partial charge is 0.260 e. The van der Waals surface area contributed by atoms with Crippen LogP contribution in [0.25, 0.3) is 6.08 Å². The lowest BCUT2D eigenvalue weighted by Gasteiger charge is -2.44. The minimum absolute atomic E-state index is 0.0654. The van der Waals surface area contributed by atoms with Gasteiger partial charge in [-0.15, -0.1) is 11.8 Å². The number of hydrogen-bond acceptors (Lipinski definition) is 4. The molecule has 6 rings (SSSR count). The Morgan fingerprint density at radius 2 is 1.71 bits per heavy atom. The molecule has 2 amide bonds. The van der Waals surface area contributed by atoms with Crippen LogP contribution >= 0.6 is 23.4 Å². The van der Waals surface area contributed by atoms with Gasteiger partial charge in [0.05, 0.1) is 4.91 Å². The highest BCUT2D eigenvalue weighted by atomic mass is 35.5. The predicted molar refractivity (Wildman–Crippen MR) is 174 cm³/mol. The number of piperazine rings is 1. The summed E-state index contributed by atoms with van der Waals surface area (Å²) >= 11 is 7.98. The minimum atomic E-state index is 0.0654. The van der Waals surface area contributed by atoms with Crippen LogP contribution in [0.5, 0.6) is 0 Å². The van der Waals surface area contributed by atoms with Crippen LogP contribution in [-0.4, -0.2) is 59.1 Å². The maximum atomic E-state index is 13.8. The lowest BCUT2D eigenvalue weighted by molar-refractivity contribution is -0.130. The Bertz CT molecular complexity index is 1500. The number of carbonyl (C=O) groups excluding carboxylic acids is 2. The summed E-state index contributed by atoms with van der Waals surface area (Å²) < 4.78 is 0. The molecule has 218 valence electrons. The highest BCUT2D eigenvalue weighted by Gasteiger charge is 2.40. The molecule has 0 spiro atoms. The fraction of sp³-hybridized carbons (Fsp3) is 0.371. The van der Waals surface area contributed by atoms with Crippen molar-refractivity contribution in [2.75, 3.05) is 31.1 Å². The zero-order chi connectivity index (χ0) is 29.2. The van der Waals surface area contributed by atoms with Gasteiger partial charge in [0.15, 0.2) is 0 Å². The molecule has 1 saturated carbocycles. The van der Waals surface area contributed by atoms with Gasteiger partial charge in [-0.3, -0.25) is 9.59 Å². The molecule has 0 radical (unpaired) electrons. The van der Waals surface area contributed by atoms with Crippen molar-refractivity contribution in [3.8, 4) is 0 Å². The maximum absolute atomic E-state index is 13.8. The molecule has 2 saturated heterocycles. The minimum Gasteiger partial charge on any atom is -0.368 e. The monoisotopic (exact) mass is 599 g/mol. The maximum Gasteiger partial charge on any atom is 0.260 e. The SMILES string of the molecule is Cc1ccc(C)c(N2CCN(C(=O)c3ccc(/C=C4/SC5CCCCC5N(Cc5cccc(Cl)c5)C4=O)cc3)CC2)c1. The van der Waals surface area contributed by atoms with Crippen LogP contribution in [0.15, 0.2) is 71.6 Å². The van der Waals surface area contributed by atoms with Crippen molar-refractivity contribution in [3.63, 3.8) is 0 Å². The van der Waals surface area contributed by atoms with Crippen molar-refractivity contribution in [1.29, 1.82) is 0 Å². The molecule has 2 unspecified atom stereocenters. The first-order valence-electron chi connectivity index (χ1n) is 15.0. The number of anilines is 1. The van der Waals surface area contributed by atoms with E-state index < -0.39 is 0 Å². The van der Waals surface area contributed by atoms with Crippen LogP contribution in [0, 0.1) is 13.8 Å². The molecule has 2 aliphatic heterocycles. The summed E-state index contributed by atoms with van der Waals surface area (Å²) in [5.74, 6) is 0.153. The van der Waals surface area contributed by atoms with Crippen LogP contribution < -0.4 is 4.90 Å². The molecule has 3 fully saturated rings. The van der Waals surface area contributed by atoms with Crippen molar-refractivity contribution >= 4 is 46.9 Å². The van der Waals surface area contributed by atoms with Crippen molar-refractivity contribution in [3.05, 3.63) is 104 Å². The molecule has 7 heteroatoms. The van der Waals surface area contributed by atoms with E-state index >= 15 is 0 Å². The van der Waals surface area contributed by atoms with Gasteiger partial charge in [-0.2, -0.15) is 0 Å². The van der Waals surface area contributed by atoms with Gasteiger partial charge in [-0.25, -0.2) is 0 Å². The van der Waals surface area contributed by atoms with Crippen LogP contribution in [-0.2, 0) is 11.3 Å². The second-order valence-corrected chi connectivity index (χ2v) is 13.5. The van der Waals surface area contributed by atoms with Crippen molar-refractivity contribution in [1.82, 2.24) is 9.80 Å². The third-order valence-corrected chi connectivity index (χ3v) is 10.4. The summed E-state index contributed by atoms with van der Waals surface area (Å²) in [6.45, 7) is 7.90. The highest BCUT2D eigenvalue weighted by molar-refractivity contribution is 8.04. The first-order valence-corrected chi connectivity index (χ1v) is 16.3. The van der Waals surface area contributed by atoms with E-state index in [2.05, 4.69) is 41.8 Å². The summed E-state index contributed by atoms with van der Waals surface area (Å²) in [5.41, 5.74) is 6.48. The van der Waals surface area contributed by atoms with Gasteiger partial charge >= 0.3 is 0 Å². The Labute approximate surface area is 258 Å². The predicted octanol–water partition coefficient (Wildman–Crippen LogP) is 7.35. The number of hydrogen-bond donors (Lipinski definition) is 0. The average molecular weight is 600 g/mol. The number of halogens is 1. The average Bonchev–Trinajstić information content (AvgIpc) is 3.00. The zero-order valence-corrected chi connectivity index (χ0v) is 26.0.